The molecule has 3 heteroatoms. The van der Waals surface area contributed by atoms with Gasteiger partial charge in [0.15, 0.2) is 0 Å². The molecule has 0 saturated heterocycles. The Kier molecular flexibility index (Phi) is 5.19. The van der Waals surface area contributed by atoms with Gasteiger partial charge in [-0.25, -0.2) is 0 Å². The van der Waals surface area contributed by atoms with Gasteiger partial charge in [0.05, 0.1) is 12.7 Å². The second-order valence-corrected chi connectivity index (χ2v) is 3.34. The molecule has 0 aromatic carbocycles. The topological polar surface area (TPSA) is 34.1 Å². The van der Waals surface area contributed by atoms with Crippen LogP contribution in [0.1, 0.15) is 12.5 Å². The number of pyridine rings is 1. The first kappa shape index (κ1) is 11.1. The third-order valence-electron chi connectivity index (χ3n) is 2.03. The Bertz CT molecular complexity index is 238. The average Bonchev–Trinajstić information content (AvgIpc) is 2.20. The first-order valence-electron chi connectivity index (χ1n) is 4.98. The van der Waals surface area contributed by atoms with Crippen molar-refractivity contribution in [3.63, 3.8) is 0 Å². The molecule has 1 unspecified atom stereocenters. The highest BCUT2D eigenvalue weighted by molar-refractivity contribution is 5.09. The zero-order valence-corrected chi connectivity index (χ0v) is 8.86. The van der Waals surface area contributed by atoms with E-state index in [1.807, 2.05) is 31.6 Å². The van der Waals surface area contributed by atoms with Crippen molar-refractivity contribution in [3.8, 4) is 0 Å². The molecule has 3 nitrogen and oxygen atoms in total. The van der Waals surface area contributed by atoms with Gasteiger partial charge in [0, 0.05) is 18.9 Å². The van der Waals surface area contributed by atoms with Crippen molar-refractivity contribution in [2.75, 3.05) is 20.2 Å². The van der Waals surface area contributed by atoms with Crippen LogP contribution in [-0.4, -0.2) is 31.3 Å². The summed E-state index contributed by atoms with van der Waals surface area (Å²) in [7, 11) is 1.93. The Morgan fingerprint density at radius 3 is 2.79 bits per heavy atom. The highest BCUT2D eigenvalue weighted by Gasteiger charge is 1.99. The second-order valence-electron chi connectivity index (χ2n) is 3.34. The maximum absolute atomic E-state index is 5.60. The molecule has 1 rings (SSSR count). The highest BCUT2D eigenvalue weighted by Crippen LogP contribution is 1.99. The smallest absolute Gasteiger partial charge is 0.0671 e. The minimum absolute atomic E-state index is 0.279. The SMILES string of the molecule is CNCC(C)OCCc1ccncc1. The number of likely N-dealkylation sites (N-methyl/N-ethyl adjacent to an activating group) is 1. The van der Waals surface area contributed by atoms with E-state index in [-0.39, 0.29) is 6.10 Å². The van der Waals surface area contributed by atoms with Crippen molar-refractivity contribution in [2.24, 2.45) is 0 Å². The predicted molar refractivity (Wildman–Crippen MR) is 57.3 cm³/mol. The Balaban J connectivity index is 2.16. The third-order valence-corrected chi connectivity index (χ3v) is 2.03. The molecule has 1 N–H and O–H groups in total. The Morgan fingerprint density at radius 2 is 2.14 bits per heavy atom. The molecule has 1 aromatic rings. The minimum atomic E-state index is 0.279. The van der Waals surface area contributed by atoms with E-state index >= 15 is 0 Å². The van der Waals surface area contributed by atoms with E-state index in [4.69, 9.17) is 4.74 Å². The molecule has 1 aromatic heterocycles. The fraction of sp³-hybridized carbons (Fsp3) is 0.545. The molecule has 0 aliphatic carbocycles. The highest BCUT2D eigenvalue weighted by atomic mass is 16.5. The molecule has 1 atom stereocenters. The normalized spacial score (nSPS) is 12.7. The molecule has 14 heavy (non-hydrogen) atoms. The molecule has 0 aliphatic heterocycles. The van der Waals surface area contributed by atoms with Crippen LogP contribution in [0.3, 0.4) is 0 Å². The number of rotatable bonds is 6. The van der Waals surface area contributed by atoms with E-state index < -0.39 is 0 Å². The number of nitrogens with one attached hydrogen (secondary N) is 1. The summed E-state index contributed by atoms with van der Waals surface area (Å²) in [5, 5.41) is 3.08. The Morgan fingerprint density at radius 1 is 1.43 bits per heavy atom. The van der Waals surface area contributed by atoms with Gasteiger partial charge in [0.1, 0.15) is 0 Å². The van der Waals surface area contributed by atoms with Gasteiger partial charge in [-0.15, -0.1) is 0 Å². The molecule has 0 bridgehead atoms. The number of ether oxygens (including phenoxy) is 1. The lowest BCUT2D eigenvalue weighted by molar-refractivity contribution is 0.0696. The molecule has 0 saturated carbocycles. The zero-order chi connectivity index (χ0) is 10.2. The van der Waals surface area contributed by atoms with Gasteiger partial charge < -0.3 is 10.1 Å². The van der Waals surface area contributed by atoms with Crippen LogP contribution in [-0.2, 0) is 11.2 Å². The van der Waals surface area contributed by atoms with Crippen LogP contribution in [0.5, 0.6) is 0 Å². The van der Waals surface area contributed by atoms with Crippen LogP contribution in [0.4, 0.5) is 0 Å². The first-order valence-corrected chi connectivity index (χ1v) is 4.98. The van der Waals surface area contributed by atoms with Gasteiger partial charge in [-0.05, 0) is 38.1 Å². The van der Waals surface area contributed by atoms with E-state index in [0.717, 1.165) is 19.6 Å². The van der Waals surface area contributed by atoms with E-state index in [9.17, 15) is 0 Å². The van der Waals surface area contributed by atoms with Crippen LogP contribution in [0.25, 0.3) is 0 Å². The van der Waals surface area contributed by atoms with Crippen LogP contribution in [0, 0.1) is 0 Å². The van der Waals surface area contributed by atoms with E-state index in [0.29, 0.717) is 0 Å². The lowest BCUT2D eigenvalue weighted by atomic mass is 10.2. The van der Waals surface area contributed by atoms with Gasteiger partial charge in [0.25, 0.3) is 0 Å². The standard InChI is InChI=1S/C11H18N2O/c1-10(9-12-2)14-8-5-11-3-6-13-7-4-11/h3-4,6-7,10,12H,5,8-9H2,1-2H3. The van der Waals surface area contributed by atoms with Gasteiger partial charge in [-0.1, -0.05) is 0 Å². The number of aromatic nitrogens is 1. The van der Waals surface area contributed by atoms with E-state index in [1.165, 1.54) is 5.56 Å². The second kappa shape index (κ2) is 6.51. The average molecular weight is 194 g/mol. The molecule has 0 aliphatic rings. The molecular formula is C11H18N2O. The molecule has 1 heterocycles. The van der Waals surface area contributed by atoms with E-state index in [2.05, 4.69) is 17.2 Å². The summed E-state index contributed by atoms with van der Waals surface area (Å²) in [6, 6.07) is 4.04. The summed E-state index contributed by atoms with van der Waals surface area (Å²) >= 11 is 0. The molecular weight excluding hydrogens is 176 g/mol. The molecule has 0 fully saturated rings. The fourth-order valence-corrected chi connectivity index (χ4v) is 1.27. The molecule has 0 radical (unpaired) electrons. The van der Waals surface area contributed by atoms with Crippen molar-refractivity contribution in [1.82, 2.24) is 10.3 Å². The summed E-state index contributed by atoms with van der Waals surface area (Å²) in [4.78, 5) is 3.97. The Hall–Kier alpha value is -0.930. The Labute approximate surface area is 85.5 Å². The van der Waals surface area contributed by atoms with Crippen molar-refractivity contribution < 1.29 is 4.74 Å². The summed E-state index contributed by atoms with van der Waals surface area (Å²) in [5.41, 5.74) is 1.27. The monoisotopic (exact) mass is 194 g/mol. The maximum atomic E-state index is 5.60. The van der Waals surface area contributed by atoms with Gasteiger partial charge in [-0.2, -0.15) is 0 Å². The van der Waals surface area contributed by atoms with Crippen LogP contribution >= 0.6 is 0 Å². The van der Waals surface area contributed by atoms with Crippen molar-refractivity contribution in [1.29, 1.82) is 0 Å². The largest absolute Gasteiger partial charge is 0.377 e. The van der Waals surface area contributed by atoms with Crippen LogP contribution in [0.15, 0.2) is 24.5 Å². The quantitative estimate of drug-likeness (QED) is 0.740. The van der Waals surface area contributed by atoms with Crippen LogP contribution in [0.2, 0.25) is 0 Å². The van der Waals surface area contributed by atoms with Gasteiger partial charge >= 0.3 is 0 Å². The number of hydrogen-bond acceptors (Lipinski definition) is 3. The molecule has 78 valence electrons. The summed E-state index contributed by atoms with van der Waals surface area (Å²) < 4.78 is 5.60. The lowest BCUT2D eigenvalue weighted by Gasteiger charge is -2.11. The summed E-state index contributed by atoms with van der Waals surface area (Å²) in [6.07, 6.45) is 4.86. The van der Waals surface area contributed by atoms with Crippen molar-refractivity contribution in [2.45, 2.75) is 19.4 Å². The number of nitrogens with zero attached hydrogens (tertiary/aromatic N) is 1. The minimum Gasteiger partial charge on any atom is -0.377 e. The van der Waals surface area contributed by atoms with Crippen molar-refractivity contribution in [3.05, 3.63) is 30.1 Å². The zero-order valence-electron chi connectivity index (χ0n) is 8.86. The van der Waals surface area contributed by atoms with Crippen LogP contribution < -0.4 is 5.32 Å². The summed E-state index contributed by atoms with van der Waals surface area (Å²) in [5.74, 6) is 0. The van der Waals surface area contributed by atoms with Gasteiger partial charge in [0.2, 0.25) is 0 Å². The van der Waals surface area contributed by atoms with E-state index in [1.54, 1.807) is 0 Å². The maximum Gasteiger partial charge on any atom is 0.0671 e. The van der Waals surface area contributed by atoms with Gasteiger partial charge in [-0.3, -0.25) is 4.98 Å². The van der Waals surface area contributed by atoms with Crippen molar-refractivity contribution >= 4 is 0 Å². The molecule has 0 spiro atoms. The lowest BCUT2D eigenvalue weighted by Crippen LogP contribution is -2.24. The third kappa shape index (κ3) is 4.35. The first-order chi connectivity index (χ1) is 6.83. The number of hydrogen-bond donors (Lipinski definition) is 1. The fourth-order valence-electron chi connectivity index (χ4n) is 1.27. The molecule has 0 amide bonds. The predicted octanol–water partition coefficient (Wildman–Crippen LogP) is 1.25. The summed E-state index contributed by atoms with van der Waals surface area (Å²) in [6.45, 7) is 3.74.